The van der Waals surface area contributed by atoms with Gasteiger partial charge >= 0.3 is 0 Å². The second-order valence-corrected chi connectivity index (χ2v) is 11.9. The maximum Gasteiger partial charge on any atom is 0.270 e. The maximum atomic E-state index is 13.5. The van der Waals surface area contributed by atoms with Crippen molar-refractivity contribution >= 4 is 46.1 Å². The monoisotopic (exact) mass is 564 g/mol. The number of pyridine rings is 1. The highest BCUT2D eigenvalue weighted by Crippen LogP contribution is 2.37. The fraction of sp³-hybridized carbons (Fsp3) is 0.467. The second kappa shape index (κ2) is 12.8. The molecule has 2 fully saturated rings. The van der Waals surface area contributed by atoms with Crippen molar-refractivity contribution in [2.24, 2.45) is 5.92 Å². The number of nitriles is 1. The largest absolute Gasteiger partial charge is 0.497 e. The third kappa shape index (κ3) is 6.23. The van der Waals surface area contributed by atoms with E-state index in [2.05, 4.69) is 24.8 Å². The summed E-state index contributed by atoms with van der Waals surface area (Å²) in [7, 11) is 1.63. The fourth-order valence-electron chi connectivity index (χ4n) is 5.09. The Balaban J connectivity index is 1.71. The number of aromatic nitrogens is 1. The van der Waals surface area contributed by atoms with E-state index in [4.69, 9.17) is 17.0 Å². The Morgan fingerprint density at radius 1 is 1.18 bits per heavy atom. The number of thioether (sulfide) groups is 1. The first kappa shape index (κ1) is 28.9. The van der Waals surface area contributed by atoms with Gasteiger partial charge in [-0.1, -0.05) is 56.4 Å². The van der Waals surface area contributed by atoms with Crippen molar-refractivity contribution in [2.45, 2.75) is 59.4 Å². The number of hydrogen-bond acceptors (Lipinski definition) is 7. The van der Waals surface area contributed by atoms with E-state index in [9.17, 15) is 14.9 Å². The van der Waals surface area contributed by atoms with Crippen LogP contribution in [0.1, 0.15) is 61.8 Å². The number of ether oxygens (including phenoxy) is 1. The summed E-state index contributed by atoms with van der Waals surface area (Å²) in [6, 6.07) is 9.94. The minimum atomic E-state index is -0.249. The van der Waals surface area contributed by atoms with Crippen molar-refractivity contribution in [1.29, 1.82) is 5.26 Å². The molecule has 1 amide bonds. The van der Waals surface area contributed by atoms with Gasteiger partial charge in [0.05, 0.1) is 12.0 Å². The maximum absolute atomic E-state index is 13.5. The van der Waals surface area contributed by atoms with Crippen molar-refractivity contribution in [3.63, 3.8) is 0 Å². The van der Waals surface area contributed by atoms with Crippen molar-refractivity contribution in [1.82, 2.24) is 9.47 Å². The molecule has 1 aromatic heterocycles. The van der Waals surface area contributed by atoms with E-state index in [1.165, 1.54) is 11.8 Å². The molecule has 0 spiro atoms. The third-order valence-corrected chi connectivity index (χ3v) is 8.97. The van der Waals surface area contributed by atoms with Crippen LogP contribution in [0.3, 0.4) is 0 Å². The lowest BCUT2D eigenvalue weighted by molar-refractivity contribution is -0.122. The predicted molar refractivity (Wildman–Crippen MR) is 162 cm³/mol. The van der Waals surface area contributed by atoms with Crippen molar-refractivity contribution in [3.05, 3.63) is 61.8 Å². The molecule has 2 saturated heterocycles. The highest BCUT2D eigenvalue weighted by atomic mass is 32.2. The molecule has 0 atom stereocenters. The first-order valence-electron chi connectivity index (χ1n) is 13.6. The van der Waals surface area contributed by atoms with Gasteiger partial charge in [0.2, 0.25) is 0 Å². The lowest BCUT2D eigenvalue weighted by Gasteiger charge is -2.35. The summed E-state index contributed by atoms with van der Waals surface area (Å²) in [4.78, 5) is 31.4. The summed E-state index contributed by atoms with van der Waals surface area (Å²) in [6.07, 6.45) is 6.36. The molecule has 206 valence electrons. The molecule has 7 nitrogen and oxygen atoms in total. The number of piperidine rings is 1. The Bertz CT molecular complexity index is 1370. The fourth-order valence-corrected chi connectivity index (χ4v) is 6.38. The molecule has 0 unspecified atom stereocenters. The van der Waals surface area contributed by atoms with Crippen LogP contribution >= 0.6 is 24.0 Å². The molecule has 9 heteroatoms. The van der Waals surface area contributed by atoms with Crippen LogP contribution in [0.2, 0.25) is 0 Å². The van der Waals surface area contributed by atoms with E-state index in [0.29, 0.717) is 40.2 Å². The van der Waals surface area contributed by atoms with E-state index in [1.54, 1.807) is 16.6 Å². The molecule has 0 aliphatic carbocycles. The van der Waals surface area contributed by atoms with E-state index in [-0.39, 0.29) is 17.0 Å². The predicted octanol–water partition coefficient (Wildman–Crippen LogP) is 5.52. The number of unbranched alkanes of at least 4 members (excludes halogenated alkanes) is 1. The van der Waals surface area contributed by atoms with Gasteiger partial charge in [-0.05, 0) is 67.9 Å². The van der Waals surface area contributed by atoms with Crippen LogP contribution in [0, 0.1) is 24.2 Å². The Hall–Kier alpha value is -3.09. The standard InChI is InChI=1S/C30H36N4O3S2/c1-5-6-14-33-27(32-15-11-20(2)12-16-32)24(21(3)25(19-31)28(33)35)18-26-29(36)34(30(38)39-26)17-13-22-7-9-23(37-4)10-8-22/h7-10,18,20H,5-6,11-17H2,1-4H3/b26-18-. The van der Waals surface area contributed by atoms with Gasteiger partial charge in [0.15, 0.2) is 0 Å². The van der Waals surface area contributed by atoms with E-state index < -0.39 is 0 Å². The molecule has 2 aliphatic heterocycles. The molecule has 2 aliphatic rings. The highest BCUT2D eigenvalue weighted by molar-refractivity contribution is 8.26. The van der Waals surface area contributed by atoms with Crippen LogP contribution in [0.5, 0.6) is 5.75 Å². The number of thiocarbonyl (C=S) groups is 1. The minimum absolute atomic E-state index is 0.138. The van der Waals surface area contributed by atoms with Crippen LogP contribution in [0.25, 0.3) is 6.08 Å². The molecule has 0 radical (unpaired) electrons. The summed E-state index contributed by atoms with van der Waals surface area (Å²) in [5, 5.41) is 9.91. The highest BCUT2D eigenvalue weighted by Gasteiger charge is 2.33. The molecule has 0 N–H and O–H groups in total. The average molecular weight is 565 g/mol. The molecule has 1 aromatic carbocycles. The number of carbonyl (C=O) groups excluding carboxylic acids is 1. The van der Waals surface area contributed by atoms with Gasteiger partial charge in [-0.25, -0.2) is 0 Å². The molecule has 4 rings (SSSR count). The second-order valence-electron chi connectivity index (χ2n) is 10.3. The van der Waals surface area contributed by atoms with E-state index >= 15 is 0 Å². The Morgan fingerprint density at radius 3 is 2.49 bits per heavy atom. The Labute approximate surface area is 240 Å². The van der Waals surface area contributed by atoms with Gasteiger partial charge in [-0.3, -0.25) is 19.1 Å². The van der Waals surface area contributed by atoms with Crippen molar-refractivity contribution in [2.75, 3.05) is 31.6 Å². The summed E-state index contributed by atoms with van der Waals surface area (Å²) < 4.78 is 7.52. The van der Waals surface area contributed by atoms with Crippen LogP contribution in [-0.4, -0.2) is 46.4 Å². The summed E-state index contributed by atoms with van der Waals surface area (Å²) >= 11 is 6.90. The molecular weight excluding hydrogens is 528 g/mol. The zero-order valence-electron chi connectivity index (χ0n) is 23.2. The number of methoxy groups -OCH3 is 1. The topological polar surface area (TPSA) is 78.6 Å². The molecule has 0 bridgehead atoms. The number of amides is 1. The lowest BCUT2D eigenvalue weighted by Crippen LogP contribution is -2.39. The van der Waals surface area contributed by atoms with Gasteiger partial charge in [0.1, 0.15) is 27.5 Å². The van der Waals surface area contributed by atoms with Gasteiger partial charge in [0.25, 0.3) is 11.5 Å². The molecular formula is C30H36N4O3S2. The van der Waals surface area contributed by atoms with Gasteiger partial charge in [0, 0.05) is 31.7 Å². The smallest absolute Gasteiger partial charge is 0.270 e. The first-order valence-corrected chi connectivity index (χ1v) is 14.8. The van der Waals surface area contributed by atoms with Crippen LogP contribution in [0.4, 0.5) is 5.82 Å². The van der Waals surface area contributed by atoms with Gasteiger partial charge < -0.3 is 9.64 Å². The third-order valence-electron chi connectivity index (χ3n) is 7.60. The van der Waals surface area contributed by atoms with E-state index in [1.807, 2.05) is 37.3 Å². The molecule has 3 heterocycles. The zero-order valence-corrected chi connectivity index (χ0v) is 24.8. The molecule has 2 aromatic rings. The average Bonchev–Trinajstić information content (AvgIpc) is 3.21. The summed E-state index contributed by atoms with van der Waals surface area (Å²) in [6.45, 7) is 8.84. The summed E-state index contributed by atoms with van der Waals surface area (Å²) in [5.41, 5.74) is 2.37. The van der Waals surface area contributed by atoms with Crippen LogP contribution in [-0.2, 0) is 17.8 Å². The van der Waals surface area contributed by atoms with Crippen LogP contribution < -0.4 is 15.2 Å². The SMILES string of the molecule is CCCCn1c(N2CCC(C)CC2)c(/C=C2\SC(=S)N(CCc3ccc(OC)cc3)C2=O)c(C)c(C#N)c1=O. The number of carbonyl (C=O) groups is 1. The van der Waals surface area contributed by atoms with Gasteiger partial charge in [-0.2, -0.15) is 5.26 Å². The number of benzene rings is 1. The number of rotatable bonds is 9. The Kier molecular flexibility index (Phi) is 9.52. The summed E-state index contributed by atoms with van der Waals surface area (Å²) in [5.74, 6) is 2.10. The quantitative estimate of drug-likeness (QED) is 0.293. The number of anilines is 1. The minimum Gasteiger partial charge on any atom is -0.497 e. The van der Waals surface area contributed by atoms with E-state index in [0.717, 1.165) is 61.5 Å². The number of nitrogens with zero attached hydrogens (tertiary/aromatic N) is 4. The Morgan fingerprint density at radius 2 is 1.87 bits per heavy atom. The lowest BCUT2D eigenvalue weighted by atomic mass is 9.97. The number of hydrogen-bond donors (Lipinski definition) is 0. The normalized spacial score (nSPS) is 17.3. The first-order chi connectivity index (χ1) is 18.8. The molecule has 39 heavy (non-hydrogen) atoms. The van der Waals surface area contributed by atoms with Crippen LogP contribution in [0.15, 0.2) is 34.0 Å². The van der Waals surface area contributed by atoms with Gasteiger partial charge in [-0.15, -0.1) is 0 Å². The zero-order chi connectivity index (χ0) is 28.1. The van der Waals surface area contributed by atoms with Crippen molar-refractivity contribution < 1.29 is 9.53 Å². The molecule has 0 saturated carbocycles. The van der Waals surface area contributed by atoms with Crippen molar-refractivity contribution in [3.8, 4) is 11.8 Å².